The first-order chi connectivity index (χ1) is 9.62. The van der Waals surface area contributed by atoms with Crippen LogP contribution in [0.1, 0.15) is 35.4 Å². The van der Waals surface area contributed by atoms with Gasteiger partial charge in [0.05, 0.1) is 5.41 Å². The molecule has 1 fully saturated rings. The summed E-state index contributed by atoms with van der Waals surface area (Å²) in [5.41, 5.74) is 2.64. The van der Waals surface area contributed by atoms with Crippen molar-refractivity contribution in [2.45, 2.75) is 31.1 Å². The van der Waals surface area contributed by atoms with Gasteiger partial charge in [-0.1, -0.05) is 60.2 Å². The summed E-state index contributed by atoms with van der Waals surface area (Å²) in [6.45, 7) is 2.02. The van der Waals surface area contributed by atoms with Crippen LogP contribution in [0.4, 0.5) is 0 Å². The van der Waals surface area contributed by atoms with Crippen LogP contribution >= 0.6 is 0 Å². The van der Waals surface area contributed by atoms with E-state index in [2.05, 4.69) is 12.1 Å². The number of rotatable bonds is 3. The van der Waals surface area contributed by atoms with Crippen molar-refractivity contribution >= 4 is 5.97 Å². The van der Waals surface area contributed by atoms with Crippen molar-refractivity contribution in [1.82, 2.24) is 0 Å². The van der Waals surface area contributed by atoms with Crippen LogP contribution in [-0.2, 0) is 10.2 Å². The van der Waals surface area contributed by atoms with Crippen LogP contribution in [0.3, 0.4) is 0 Å². The van der Waals surface area contributed by atoms with Crippen molar-refractivity contribution in [3.05, 3.63) is 71.3 Å². The number of aliphatic carboxylic acids is 1. The molecule has 0 saturated heterocycles. The van der Waals surface area contributed by atoms with Gasteiger partial charge in [0, 0.05) is 0 Å². The molecule has 3 rings (SSSR count). The topological polar surface area (TPSA) is 37.3 Å². The van der Waals surface area contributed by atoms with Gasteiger partial charge in [0.25, 0.3) is 0 Å². The van der Waals surface area contributed by atoms with Gasteiger partial charge in [-0.25, -0.2) is 0 Å². The highest BCUT2D eigenvalue weighted by Crippen LogP contribution is 2.52. The lowest BCUT2D eigenvalue weighted by Gasteiger charge is -2.45. The monoisotopic (exact) mass is 266 g/mol. The second-order valence-corrected chi connectivity index (χ2v) is 5.77. The minimum Gasteiger partial charge on any atom is -0.481 e. The molecular weight excluding hydrogens is 248 g/mol. The van der Waals surface area contributed by atoms with Crippen LogP contribution in [0.5, 0.6) is 0 Å². The molecule has 0 atom stereocenters. The van der Waals surface area contributed by atoms with Crippen molar-refractivity contribution in [1.29, 1.82) is 0 Å². The SMILES string of the molecule is Cc1ccc(C2(C(=O)O)CC(c3ccccc3)C2)cc1. The zero-order chi connectivity index (χ0) is 14.2. The fourth-order valence-electron chi connectivity index (χ4n) is 3.15. The Balaban J connectivity index is 1.87. The lowest BCUT2D eigenvalue weighted by molar-refractivity contribution is -0.148. The van der Waals surface area contributed by atoms with E-state index in [1.807, 2.05) is 49.4 Å². The third-order valence-electron chi connectivity index (χ3n) is 4.47. The summed E-state index contributed by atoms with van der Waals surface area (Å²) in [6, 6.07) is 18.1. The summed E-state index contributed by atoms with van der Waals surface area (Å²) < 4.78 is 0. The van der Waals surface area contributed by atoms with E-state index in [1.54, 1.807) is 0 Å². The zero-order valence-electron chi connectivity index (χ0n) is 11.5. The Kier molecular flexibility index (Phi) is 3.09. The van der Waals surface area contributed by atoms with E-state index in [0.717, 1.165) is 11.1 Å². The van der Waals surface area contributed by atoms with Crippen molar-refractivity contribution in [3.63, 3.8) is 0 Å². The molecule has 1 aliphatic rings. The van der Waals surface area contributed by atoms with E-state index >= 15 is 0 Å². The summed E-state index contributed by atoms with van der Waals surface area (Å²) in [4.78, 5) is 11.8. The van der Waals surface area contributed by atoms with Gasteiger partial charge in [0.15, 0.2) is 0 Å². The Morgan fingerprint density at radius 2 is 1.65 bits per heavy atom. The minimum absolute atomic E-state index is 0.355. The van der Waals surface area contributed by atoms with Gasteiger partial charge in [-0.3, -0.25) is 4.79 Å². The molecule has 2 nitrogen and oxygen atoms in total. The highest BCUT2D eigenvalue weighted by molar-refractivity contribution is 5.83. The predicted octanol–water partition coefficient (Wildman–Crippen LogP) is 3.90. The third kappa shape index (κ3) is 2.01. The summed E-state index contributed by atoms with van der Waals surface area (Å²) in [7, 11) is 0. The normalized spacial score (nSPS) is 24.9. The standard InChI is InChI=1S/C18H18O2/c1-13-7-9-16(10-8-13)18(17(19)20)11-15(12-18)14-5-3-2-4-6-14/h2-10,15H,11-12H2,1H3,(H,19,20). The highest BCUT2D eigenvalue weighted by Gasteiger charge is 2.51. The average Bonchev–Trinajstić information content (AvgIpc) is 2.40. The summed E-state index contributed by atoms with van der Waals surface area (Å²) in [5, 5.41) is 9.67. The predicted molar refractivity (Wildman–Crippen MR) is 78.9 cm³/mol. The maximum atomic E-state index is 11.8. The maximum absolute atomic E-state index is 11.8. The van der Waals surface area contributed by atoms with Gasteiger partial charge >= 0.3 is 5.97 Å². The number of carbonyl (C=O) groups is 1. The molecule has 2 aromatic rings. The Morgan fingerprint density at radius 1 is 1.05 bits per heavy atom. The molecule has 1 saturated carbocycles. The van der Waals surface area contributed by atoms with E-state index in [0.29, 0.717) is 18.8 Å². The minimum atomic E-state index is -0.700. The van der Waals surface area contributed by atoms with Crippen molar-refractivity contribution < 1.29 is 9.90 Å². The van der Waals surface area contributed by atoms with Gasteiger partial charge in [0.1, 0.15) is 0 Å². The summed E-state index contributed by atoms with van der Waals surface area (Å²) in [6.07, 6.45) is 1.38. The van der Waals surface area contributed by atoms with Crippen LogP contribution in [-0.4, -0.2) is 11.1 Å². The molecule has 2 aromatic carbocycles. The number of carboxylic acid groups (broad SMARTS) is 1. The van der Waals surface area contributed by atoms with Gasteiger partial charge in [-0.2, -0.15) is 0 Å². The second-order valence-electron chi connectivity index (χ2n) is 5.77. The molecule has 0 radical (unpaired) electrons. The van der Waals surface area contributed by atoms with Crippen LogP contribution in [0.2, 0.25) is 0 Å². The molecule has 0 bridgehead atoms. The van der Waals surface area contributed by atoms with Crippen molar-refractivity contribution in [2.75, 3.05) is 0 Å². The summed E-state index contributed by atoms with van der Waals surface area (Å²) in [5.74, 6) is -0.345. The summed E-state index contributed by atoms with van der Waals surface area (Å²) >= 11 is 0. The Bertz CT molecular complexity index is 608. The van der Waals surface area contributed by atoms with Gasteiger partial charge in [0.2, 0.25) is 0 Å². The lowest BCUT2D eigenvalue weighted by atomic mass is 9.57. The fraction of sp³-hybridized carbons (Fsp3) is 0.278. The molecule has 0 aliphatic heterocycles. The number of benzene rings is 2. The number of carboxylic acids is 1. The first-order valence-electron chi connectivity index (χ1n) is 6.97. The lowest BCUT2D eigenvalue weighted by Crippen LogP contribution is -2.46. The van der Waals surface area contributed by atoms with E-state index < -0.39 is 11.4 Å². The largest absolute Gasteiger partial charge is 0.481 e. The first-order valence-corrected chi connectivity index (χ1v) is 6.97. The van der Waals surface area contributed by atoms with Gasteiger partial charge in [-0.05, 0) is 36.8 Å². The smallest absolute Gasteiger partial charge is 0.314 e. The van der Waals surface area contributed by atoms with Gasteiger partial charge < -0.3 is 5.11 Å². The zero-order valence-corrected chi connectivity index (χ0v) is 11.5. The third-order valence-corrected chi connectivity index (χ3v) is 4.47. The van der Waals surface area contributed by atoms with E-state index in [9.17, 15) is 9.90 Å². The molecule has 102 valence electrons. The van der Waals surface area contributed by atoms with Crippen LogP contribution in [0.25, 0.3) is 0 Å². The molecular formula is C18H18O2. The molecule has 0 aromatic heterocycles. The van der Waals surface area contributed by atoms with Gasteiger partial charge in [-0.15, -0.1) is 0 Å². The van der Waals surface area contributed by atoms with E-state index in [1.165, 1.54) is 5.56 Å². The second kappa shape index (κ2) is 4.78. The quantitative estimate of drug-likeness (QED) is 0.915. The number of hydrogen-bond donors (Lipinski definition) is 1. The average molecular weight is 266 g/mol. The number of aryl methyl sites for hydroxylation is 1. The van der Waals surface area contributed by atoms with Crippen LogP contribution < -0.4 is 0 Å². The van der Waals surface area contributed by atoms with E-state index in [-0.39, 0.29) is 0 Å². The van der Waals surface area contributed by atoms with Crippen LogP contribution in [0, 0.1) is 6.92 Å². The molecule has 1 N–H and O–H groups in total. The van der Waals surface area contributed by atoms with Crippen LogP contribution in [0.15, 0.2) is 54.6 Å². The first kappa shape index (κ1) is 12.9. The number of hydrogen-bond acceptors (Lipinski definition) is 1. The van der Waals surface area contributed by atoms with Crippen molar-refractivity contribution in [3.8, 4) is 0 Å². The molecule has 0 amide bonds. The Labute approximate surface area is 119 Å². The Hall–Kier alpha value is -2.09. The van der Waals surface area contributed by atoms with E-state index in [4.69, 9.17) is 0 Å². The maximum Gasteiger partial charge on any atom is 0.314 e. The highest BCUT2D eigenvalue weighted by atomic mass is 16.4. The molecule has 0 heterocycles. The Morgan fingerprint density at radius 3 is 2.20 bits per heavy atom. The molecule has 1 aliphatic carbocycles. The molecule has 2 heteroatoms. The molecule has 0 spiro atoms. The molecule has 0 unspecified atom stereocenters. The molecule has 20 heavy (non-hydrogen) atoms. The fourth-order valence-corrected chi connectivity index (χ4v) is 3.15. The van der Waals surface area contributed by atoms with Crippen molar-refractivity contribution in [2.24, 2.45) is 0 Å².